The third kappa shape index (κ3) is 4.43. The first kappa shape index (κ1) is 17.1. The van der Waals surface area contributed by atoms with Crippen LogP contribution in [0.4, 0.5) is 29.3 Å². The van der Waals surface area contributed by atoms with Crippen molar-refractivity contribution in [3.63, 3.8) is 0 Å². The molecule has 0 aliphatic carbocycles. The molecule has 1 aliphatic rings. The van der Waals surface area contributed by atoms with Crippen molar-refractivity contribution >= 4 is 17.4 Å². The first-order valence-electron chi connectivity index (χ1n) is 8.01. The Bertz CT molecular complexity index is 769. The molecule has 0 bridgehead atoms. The van der Waals surface area contributed by atoms with Gasteiger partial charge < -0.3 is 15.5 Å². The highest BCUT2D eigenvalue weighted by Crippen LogP contribution is 2.25. The van der Waals surface area contributed by atoms with Crippen LogP contribution in [0.2, 0.25) is 0 Å². The molecule has 2 aromatic rings. The number of benzene rings is 2. The summed E-state index contributed by atoms with van der Waals surface area (Å²) in [7, 11) is 0. The van der Waals surface area contributed by atoms with Crippen LogP contribution in [-0.4, -0.2) is 25.7 Å². The maximum absolute atomic E-state index is 13.3. The van der Waals surface area contributed by atoms with Crippen molar-refractivity contribution in [1.82, 2.24) is 5.32 Å². The van der Waals surface area contributed by atoms with Gasteiger partial charge in [-0.2, -0.15) is 0 Å². The number of hydrogen-bond acceptors (Lipinski definition) is 2. The van der Waals surface area contributed by atoms with Crippen LogP contribution in [0, 0.1) is 23.4 Å². The predicted molar refractivity (Wildman–Crippen MR) is 90.1 cm³/mol. The van der Waals surface area contributed by atoms with Gasteiger partial charge in [-0.3, -0.25) is 0 Å². The van der Waals surface area contributed by atoms with Gasteiger partial charge in [-0.1, -0.05) is 6.07 Å². The van der Waals surface area contributed by atoms with Gasteiger partial charge in [0.1, 0.15) is 5.82 Å². The first-order valence-corrected chi connectivity index (χ1v) is 8.01. The lowest BCUT2D eigenvalue weighted by atomic mass is 10.1. The molecule has 132 valence electrons. The zero-order valence-corrected chi connectivity index (χ0v) is 13.4. The molecule has 1 aliphatic heterocycles. The van der Waals surface area contributed by atoms with Crippen LogP contribution >= 0.6 is 0 Å². The number of anilines is 2. The van der Waals surface area contributed by atoms with Gasteiger partial charge in [0.05, 0.1) is 0 Å². The minimum absolute atomic E-state index is 0.200. The second kappa shape index (κ2) is 7.46. The monoisotopic (exact) mass is 349 g/mol. The number of carbonyl (C=O) groups excluding carboxylic acids is 1. The van der Waals surface area contributed by atoms with Crippen molar-refractivity contribution in [2.45, 2.75) is 6.42 Å². The molecule has 1 saturated heterocycles. The van der Waals surface area contributed by atoms with Gasteiger partial charge in [0, 0.05) is 37.1 Å². The summed E-state index contributed by atoms with van der Waals surface area (Å²) in [6.45, 7) is 1.80. The van der Waals surface area contributed by atoms with Crippen molar-refractivity contribution in [3.05, 3.63) is 59.9 Å². The Morgan fingerprint density at radius 1 is 1.12 bits per heavy atom. The molecule has 4 nitrogen and oxygen atoms in total. The van der Waals surface area contributed by atoms with E-state index in [4.69, 9.17) is 0 Å². The summed E-state index contributed by atoms with van der Waals surface area (Å²) in [5.41, 5.74) is 1.01. The summed E-state index contributed by atoms with van der Waals surface area (Å²) in [5.74, 6) is -1.95. The lowest BCUT2D eigenvalue weighted by Crippen LogP contribution is -2.34. The van der Waals surface area contributed by atoms with Crippen molar-refractivity contribution in [3.8, 4) is 0 Å². The summed E-state index contributed by atoms with van der Waals surface area (Å²) in [6, 6.07) is 9.09. The number of urea groups is 1. The van der Waals surface area contributed by atoms with E-state index in [2.05, 4.69) is 10.6 Å². The molecule has 1 fully saturated rings. The molecular weight excluding hydrogens is 331 g/mol. The van der Waals surface area contributed by atoms with Crippen LogP contribution in [-0.2, 0) is 0 Å². The molecule has 2 aromatic carbocycles. The highest BCUT2D eigenvalue weighted by molar-refractivity contribution is 5.89. The molecule has 3 rings (SSSR count). The lowest BCUT2D eigenvalue weighted by molar-refractivity contribution is 0.250. The van der Waals surface area contributed by atoms with E-state index in [0.717, 1.165) is 12.5 Å². The van der Waals surface area contributed by atoms with Gasteiger partial charge in [-0.05, 0) is 42.7 Å². The molecule has 0 saturated carbocycles. The smallest absolute Gasteiger partial charge is 0.319 e. The Balaban J connectivity index is 1.48. The normalized spacial score (nSPS) is 16.8. The molecule has 7 heteroatoms. The van der Waals surface area contributed by atoms with E-state index in [9.17, 15) is 18.0 Å². The Kier molecular flexibility index (Phi) is 5.11. The van der Waals surface area contributed by atoms with Crippen LogP contribution in [0.3, 0.4) is 0 Å². The SMILES string of the molecule is O=C(NCC1CCN(c2ccc(F)c(F)c2)C1)Nc1cccc(F)c1. The highest BCUT2D eigenvalue weighted by Gasteiger charge is 2.23. The van der Waals surface area contributed by atoms with Gasteiger partial charge >= 0.3 is 6.03 Å². The maximum Gasteiger partial charge on any atom is 0.319 e. The predicted octanol–water partition coefficient (Wildman–Crippen LogP) is 3.75. The molecule has 1 heterocycles. The molecular formula is C18H18F3N3O. The fourth-order valence-corrected chi connectivity index (χ4v) is 2.89. The lowest BCUT2D eigenvalue weighted by Gasteiger charge is -2.19. The van der Waals surface area contributed by atoms with Crippen molar-refractivity contribution in [1.29, 1.82) is 0 Å². The van der Waals surface area contributed by atoms with E-state index in [1.807, 2.05) is 4.90 Å². The van der Waals surface area contributed by atoms with Crippen LogP contribution < -0.4 is 15.5 Å². The first-order chi connectivity index (χ1) is 12.0. The fraction of sp³-hybridized carbons (Fsp3) is 0.278. The quantitative estimate of drug-likeness (QED) is 0.883. The Morgan fingerprint density at radius 2 is 1.96 bits per heavy atom. The summed E-state index contributed by atoms with van der Waals surface area (Å²) in [4.78, 5) is 13.8. The molecule has 1 unspecified atom stereocenters. The molecule has 0 radical (unpaired) electrons. The van der Waals surface area contributed by atoms with Crippen LogP contribution in [0.15, 0.2) is 42.5 Å². The number of halogens is 3. The molecule has 25 heavy (non-hydrogen) atoms. The average Bonchev–Trinajstić information content (AvgIpc) is 3.04. The summed E-state index contributed by atoms with van der Waals surface area (Å²) >= 11 is 0. The Morgan fingerprint density at radius 3 is 2.72 bits per heavy atom. The fourth-order valence-electron chi connectivity index (χ4n) is 2.89. The molecule has 2 amide bonds. The van der Waals surface area contributed by atoms with E-state index in [1.165, 1.54) is 24.3 Å². The number of nitrogens with one attached hydrogen (secondary N) is 2. The van der Waals surface area contributed by atoms with Crippen LogP contribution in [0.1, 0.15) is 6.42 Å². The standard InChI is InChI=1S/C18H18F3N3O/c19-13-2-1-3-14(8-13)23-18(25)22-10-12-6-7-24(11-12)15-4-5-16(20)17(21)9-15/h1-5,8-9,12H,6-7,10-11H2,(H2,22,23,25). The summed E-state index contributed by atoms with van der Waals surface area (Å²) in [6.07, 6.45) is 0.833. The minimum atomic E-state index is -0.867. The van der Waals surface area contributed by atoms with Gasteiger partial charge in [-0.25, -0.2) is 18.0 Å². The maximum atomic E-state index is 13.3. The number of nitrogens with zero attached hydrogens (tertiary/aromatic N) is 1. The van der Waals surface area contributed by atoms with Gasteiger partial charge in [-0.15, -0.1) is 0 Å². The average molecular weight is 349 g/mol. The van der Waals surface area contributed by atoms with Crippen molar-refractivity contribution < 1.29 is 18.0 Å². The molecule has 1 atom stereocenters. The largest absolute Gasteiger partial charge is 0.371 e. The highest BCUT2D eigenvalue weighted by atomic mass is 19.2. The zero-order chi connectivity index (χ0) is 17.8. The number of carbonyl (C=O) groups is 1. The summed E-state index contributed by atoms with van der Waals surface area (Å²) < 4.78 is 39.4. The molecule has 0 aromatic heterocycles. The van der Waals surface area contributed by atoms with Gasteiger partial charge in [0.25, 0.3) is 0 Å². The number of hydrogen-bond donors (Lipinski definition) is 2. The van der Waals surface area contributed by atoms with E-state index < -0.39 is 23.5 Å². The number of amides is 2. The van der Waals surface area contributed by atoms with E-state index in [0.29, 0.717) is 31.0 Å². The van der Waals surface area contributed by atoms with Gasteiger partial charge in [0.15, 0.2) is 11.6 Å². The minimum Gasteiger partial charge on any atom is -0.371 e. The number of rotatable bonds is 4. The van der Waals surface area contributed by atoms with Crippen LogP contribution in [0.5, 0.6) is 0 Å². The third-order valence-electron chi connectivity index (χ3n) is 4.19. The van der Waals surface area contributed by atoms with Crippen molar-refractivity contribution in [2.24, 2.45) is 5.92 Å². The summed E-state index contributed by atoms with van der Waals surface area (Å²) in [5, 5.41) is 5.32. The van der Waals surface area contributed by atoms with E-state index in [1.54, 1.807) is 12.1 Å². The Labute approximate surface area is 143 Å². The van der Waals surface area contributed by atoms with E-state index >= 15 is 0 Å². The third-order valence-corrected chi connectivity index (χ3v) is 4.19. The molecule has 2 N–H and O–H groups in total. The topological polar surface area (TPSA) is 44.4 Å². The second-order valence-corrected chi connectivity index (χ2v) is 6.04. The van der Waals surface area contributed by atoms with Crippen LogP contribution in [0.25, 0.3) is 0 Å². The Hall–Kier alpha value is -2.70. The van der Waals surface area contributed by atoms with Gasteiger partial charge in [0.2, 0.25) is 0 Å². The second-order valence-electron chi connectivity index (χ2n) is 6.04. The van der Waals surface area contributed by atoms with Crippen molar-refractivity contribution in [2.75, 3.05) is 29.9 Å². The van der Waals surface area contributed by atoms with E-state index in [-0.39, 0.29) is 5.92 Å². The zero-order valence-electron chi connectivity index (χ0n) is 13.4. The molecule has 0 spiro atoms.